The van der Waals surface area contributed by atoms with Crippen LogP contribution in [0.5, 0.6) is 0 Å². The second kappa shape index (κ2) is 25.5. The van der Waals surface area contributed by atoms with E-state index in [1.165, 1.54) is 55.6 Å². The third kappa shape index (κ3) is 15.3. The lowest BCUT2D eigenvalue weighted by Gasteiger charge is -2.34. The Bertz CT molecular complexity index is 3060. The molecule has 6 heteroatoms. The van der Waals surface area contributed by atoms with Gasteiger partial charge in [-0.15, -0.1) is 0 Å². The number of hydrogen-bond donors (Lipinski definition) is 0. The number of rotatable bonds is 17. The van der Waals surface area contributed by atoms with Crippen LogP contribution < -0.4 is 0 Å². The number of allylic oxidation sites excluding steroid dienone is 8. The van der Waals surface area contributed by atoms with Crippen molar-refractivity contribution in [1.29, 1.82) is 0 Å². The van der Waals surface area contributed by atoms with E-state index in [9.17, 15) is 0 Å². The topological polar surface area (TPSA) is 67.9 Å². The highest BCUT2D eigenvalue weighted by Gasteiger charge is 2.34. The van der Waals surface area contributed by atoms with Crippen molar-refractivity contribution in [3.63, 3.8) is 0 Å². The van der Waals surface area contributed by atoms with E-state index in [-0.39, 0.29) is 27.6 Å². The Hall–Kier alpha value is -5.88. The summed E-state index contributed by atoms with van der Waals surface area (Å²) in [5, 5.41) is 0. The van der Waals surface area contributed by atoms with Gasteiger partial charge in [-0.2, -0.15) is 0 Å². The van der Waals surface area contributed by atoms with Crippen molar-refractivity contribution in [3.05, 3.63) is 164 Å². The molecule has 0 saturated carbocycles. The number of nitrogens with zero attached hydrogens (tertiary/aromatic N) is 4. The van der Waals surface area contributed by atoms with Gasteiger partial charge in [0.05, 0.1) is 45.6 Å². The lowest BCUT2D eigenvalue weighted by molar-refractivity contribution is 0.323. The van der Waals surface area contributed by atoms with Crippen LogP contribution in [0.2, 0.25) is 0 Å². The zero-order chi connectivity index (χ0) is 61.3. The fraction of sp³-hybridized carbons (Fsp3) is 0.526. The van der Waals surface area contributed by atoms with E-state index in [0.717, 1.165) is 81.5 Å². The molecule has 2 aliphatic rings. The maximum Gasteiger partial charge on any atom is 0.145 e. The fourth-order valence-corrected chi connectivity index (χ4v) is 11.4. The van der Waals surface area contributed by atoms with Gasteiger partial charge in [0.2, 0.25) is 0 Å². The molecule has 0 fully saturated rings. The van der Waals surface area contributed by atoms with Crippen molar-refractivity contribution >= 4 is 45.6 Å². The lowest BCUT2D eigenvalue weighted by atomic mass is 9.73. The van der Waals surface area contributed by atoms with Gasteiger partial charge in [0.25, 0.3) is 0 Å². The highest BCUT2D eigenvalue weighted by Crippen LogP contribution is 2.47. The third-order valence-electron chi connectivity index (χ3n) is 16.5. The SMILES string of the molecule is CC(=Nc1c(C(C)C)cc(C(C)C)cc1C(C)C)C1=CC(CC(C)(C)c2cccc(C(C)(C)C)c2N=C(C)C2=CCC=C(C(C)=Nc3c(C(C)(C)C)cccc3C(C)(C)C)O2)C=C(C(C)=Nc2c(C(C)C)cc(C(C)C)cc2C(C)C)O1. The van der Waals surface area contributed by atoms with Crippen LogP contribution in [-0.2, 0) is 31.1 Å². The zero-order valence-electron chi connectivity index (χ0n) is 56.1. The molecule has 0 aliphatic carbocycles. The highest BCUT2D eigenvalue weighted by atomic mass is 16.5. The fourth-order valence-electron chi connectivity index (χ4n) is 11.4. The van der Waals surface area contributed by atoms with E-state index in [0.29, 0.717) is 35.5 Å². The molecule has 2 aliphatic heterocycles. The molecule has 0 atom stereocenters. The normalized spacial score (nSPS) is 16.6. The lowest BCUT2D eigenvalue weighted by Crippen LogP contribution is -2.25. The van der Waals surface area contributed by atoms with Crippen LogP contribution in [-0.4, -0.2) is 22.8 Å². The van der Waals surface area contributed by atoms with Gasteiger partial charge in [0, 0.05) is 5.92 Å². The first-order valence-electron chi connectivity index (χ1n) is 31.0. The largest absolute Gasteiger partial charge is 0.454 e. The van der Waals surface area contributed by atoms with Gasteiger partial charge in [-0.05, 0) is 178 Å². The standard InChI is InChI=1S/C76H106N4O2/c1-44(2)55-39-57(46(5)6)69(58(40-55)47(7)8)77-52(15)67-37-54(38-68(82-67)53(16)78-70-59(48(9)10)41-56(45(3)4)42-60(70)49(11)12)43-76(26,27)64-34-29-33-63(75(23,24)25)72(64)80-51(14)66-36-30-35-65(81-66)50(13)79-71-61(73(17,18)19)31-28-32-62(71)74(20,21)22/h28-29,31-42,44-49,54H,30,43H2,1-27H3. The molecule has 0 N–H and O–H groups in total. The third-order valence-corrected chi connectivity index (χ3v) is 16.5. The average molecular weight is 1110 g/mol. The molecular formula is C76H106N4O2. The molecule has 0 saturated heterocycles. The highest BCUT2D eigenvalue weighted by molar-refractivity contribution is 6.04. The van der Waals surface area contributed by atoms with Crippen molar-refractivity contribution in [2.75, 3.05) is 0 Å². The minimum atomic E-state index is -0.367. The quantitative estimate of drug-likeness (QED) is 0.0989. The first-order chi connectivity index (χ1) is 37.9. The Morgan fingerprint density at radius 2 is 0.683 bits per heavy atom. The number of ether oxygens (including phenoxy) is 2. The van der Waals surface area contributed by atoms with Gasteiger partial charge >= 0.3 is 0 Å². The molecule has 442 valence electrons. The minimum absolute atomic E-state index is 0.0308. The first-order valence-corrected chi connectivity index (χ1v) is 31.0. The molecule has 6 rings (SSSR count). The van der Waals surface area contributed by atoms with Gasteiger partial charge in [0.15, 0.2) is 0 Å². The number of hydrogen-bond acceptors (Lipinski definition) is 6. The Labute approximate surface area is 499 Å². The summed E-state index contributed by atoms with van der Waals surface area (Å²) < 4.78 is 14.0. The molecule has 6 nitrogen and oxygen atoms in total. The molecule has 0 spiro atoms. The summed E-state index contributed by atoms with van der Waals surface area (Å²) in [5.41, 5.74) is 19.4. The summed E-state index contributed by atoms with van der Waals surface area (Å²) in [6.07, 6.45) is 10.4. The molecule has 0 amide bonds. The molecule has 4 aromatic rings. The number of aliphatic imine (C=N–C) groups is 4. The van der Waals surface area contributed by atoms with Crippen molar-refractivity contribution in [2.24, 2.45) is 25.9 Å². The number of benzene rings is 4. The first kappa shape index (κ1) is 65.3. The van der Waals surface area contributed by atoms with E-state index in [1.807, 2.05) is 0 Å². The summed E-state index contributed by atoms with van der Waals surface area (Å²) in [4.78, 5) is 22.2. The molecule has 0 radical (unpaired) electrons. The van der Waals surface area contributed by atoms with Gasteiger partial charge in [-0.1, -0.05) is 220 Å². The summed E-state index contributed by atoms with van der Waals surface area (Å²) >= 11 is 0. The van der Waals surface area contributed by atoms with E-state index >= 15 is 0 Å². The summed E-state index contributed by atoms with van der Waals surface area (Å²) in [6.45, 7) is 61.0. The smallest absolute Gasteiger partial charge is 0.145 e. The number of para-hydroxylation sites is 2. The van der Waals surface area contributed by atoms with Crippen molar-refractivity contribution in [1.82, 2.24) is 0 Å². The Morgan fingerprint density at radius 3 is 0.988 bits per heavy atom. The molecule has 0 bridgehead atoms. The monoisotopic (exact) mass is 1110 g/mol. The summed E-state index contributed by atoms with van der Waals surface area (Å²) in [7, 11) is 0. The summed E-state index contributed by atoms with van der Waals surface area (Å²) in [5.74, 6) is 5.02. The zero-order valence-corrected chi connectivity index (χ0v) is 56.1. The summed E-state index contributed by atoms with van der Waals surface area (Å²) in [6, 6.07) is 22.9. The van der Waals surface area contributed by atoms with Crippen molar-refractivity contribution < 1.29 is 9.47 Å². The van der Waals surface area contributed by atoms with E-state index in [4.69, 9.17) is 29.4 Å². The molecule has 0 aromatic heterocycles. The van der Waals surface area contributed by atoms with Crippen LogP contribution in [0.1, 0.15) is 291 Å². The predicted molar refractivity (Wildman–Crippen MR) is 358 cm³/mol. The van der Waals surface area contributed by atoms with Crippen LogP contribution >= 0.6 is 0 Å². The molecule has 0 unspecified atom stereocenters. The Kier molecular flexibility index (Phi) is 20.3. The van der Waals surface area contributed by atoms with Gasteiger partial charge in [-0.25, -0.2) is 20.0 Å². The van der Waals surface area contributed by atoms with Gasteiger partial charge in [0.1, 0.15) is 23.0 Å². The molecule has 2 heterocycles. The predicted octanol–water partition coefficient (Wildman–Crippen LogP) is 23.1. The van der Waals surface area contributed by atoms with Crippen LogP contribution in [0.4, 0.5) is 22.7 Å². The second-order valence-corrected chi connectivity index (χ2v) is 29.4. The van der Waals surface area contributed by atoms with E-state index in [1.54, 1.807) is 0 Å². The Balaban J connectivity index is 1.49. The Morgan fingerprint density at radius 1 is 0.402 bits per heavy atom. The van der Waals surface area contributed by atoms with Crippen molar-refractivity contribution in [2.45, 2.75) is 257 Å². The van der Waals surface area contributed by atoms with E-state index in [2.05, 4.69) is 272 Å². The minimum Gasteiger partial charge on any atom is -0.454 e. The molecule has 4 aromatic carbocycles. The second-order valence-electron chi connectivity index (χ2n) is 29.4. The van der Waals surface area contributed by atoms with Gasteiger partial charge < -0.3 is 9.47 Å². The molecule has 82 heavy (non-hydrogen) atoms. The van der Waals surface area contributed by atoms with Crippen LogP contribution in [0, 0.1) is 5.92 Å². The van der Waals surface area contributed by atoms with Gasteiger partial charge in [-0.3, -0.25) is 0 Å². The maximum atomic E-state index is 7.14. The van der Waals surface area contributed by atoms with Crippen LogP contribution in [0.3, 0.4) is 0 Å². The van der Waals surface area contributed by atoms with Crippen LogP contribution in [0.25, 0.3) is 0 Å². The molecular weight excluding hydrogens is 1000 g/mol. The maximum absolute atomic E-state index is 7.14. The van der Waals surface area contributed by atoms with Crippen molar-refractivity contribution in [3.8, 4) is 0 Å². The van der Waals surface area contributed by atoms with Crippen LogP contribution in [0.15, 0.2) is 128 Å². The average Bonchev–Trinajstić information content (AvgIpc) is 3.58. The van der Waals surface area contributed by atoms with E-state index < -0.39 is 0 Å².